The first-order chi connectivity index (χ1) is 14.3. The van der Waals surface area contributed by atoms with Crippen molar-refractivity contribution < 1.29 is 22.7 Å². The molecule has 162 valence electrons. The fourth-order valence-electron chi connectivity index (χ4n) is 2.92. The highest BCUT2D eigenvalue weighted by Gasteiger charge is 2.20. The Bertz CT molecular complexity index is 1020. The van der Waals surface area contributed by atoms with Gasteiger partial charge >= 0.3 is 0 Å². The van der Waals surface area contributed by atoms with Crippen LogP contribution in [0, 0.1) is 0 Å². The van der Waals surface area contributed by atoms with E-state index >= 15 is 0 Å². The van der Waals surface area contributed by atoms with Crippen molar-refractivity contribution in [1.29, 1.82) is 0 Å². The van der Waals surface area contributed by atoms with Crippen molar-refractivity contribution in [2.75, 3.05) is 43.3 Å². The van der Waals surface area contributed by atoms with Crippen molar-refractivity contribution in [3.05, 3.63) is 35.7 Å². The average Bonchev–Trinajstić information content (AvgIpc) is 2.72. The number of amides is 1. The van der Waals surface area contributed by atoms with Crippen LogP contribution in [0.2, 0.25) is 0 Å². The van der Waals surface area contributed by atoms with E-state index in [0.717, 1.165) is 6.26 Å². The molecule has 1 atom stereocenters. The number of aryl methyl sites for hydroxylation is 1. The lowest BCUT2D eigenvalue weighted by Crippen LogP contribution is -2.34. The maximum absolute atomic E-state index is 11.9. The molecule has 2 aromatic rings. The van der Waals surface area contributed by atoms with Gasteiger partial charge in [-0.3, -0.25) is 4.79 Å². The van der Waals surface area contributed by atoms with Gasteiger partial charge in [0.05, 0.1) is 36.5 Å². The largest absolute Gasteiger partial charge is 0.376 e. The molecule has 3 rings (SSSR count). The van der Waals surface area contributed by atoms with Crippen molar-refractivity contribution in [3.8, 4) is 0 Å². The van der Waals surface area contributed by atoms with Gasteiger partial charge in [0.15, 0.2) is 21.3 Å². The molecule has 4 N–H and O–H groups in total. The molecule has 1 fully saturated rings. The maximum Gasteiger partial charge on any atom is 0.271 e. The summed E-state index contributed by atoms with van der Waals surface area (Å²) in [4.78, 5) is 21.0. The zero-order valence-electron chi connectivity index (χ0n) is 16.8. The topological polar surface area (TPSA) is 146 Å². The van der Waals surface area contributed by atoms with Crippen LogP contribution in [-0.4, -0.2) is 63.0 Å². The molecule has 10 nitrogen and oxygen atoms in total. The summed E-state index contributed by atoms with van der Waals surface area (Å²) in [5.74, 6) is -0.123. The van der Waals surface area contributed by atoms with Crippen LogP contribution in [0.3, 0.4) is 0 Å². The highest BCUT2D eigenvalue weighted by Crippen LogP contribution is 2.24. The minimum Gasteiger partial charge on any atom is -0.376 e. The van der Waals surface area contributed by atoms with Crippen LogP contribution >= 0.6 is 0 Å². The summed E-state index contributed by atoms with van der Waals surface area (Å²) in [5, 5.41) is 6.16. The summed E-state index contributed by atoms with van der Waals surface area (Å²) in [6, 6.07) is 6.20. The molecule has 1 unspecified atom stereocenters. The molecule has 1 aliphatic rings. The minimum absolute atomic E-state index is 0.0283. The fourth-order valence-corrected chi connectivity index (χ4v) is 3.59. The second kappa shape index (κ2) is 9.37. The zero-order valence-corrected chi connectivity index (χ0v) is 17.7. The van der Waals surface area contributed by atoms with E-state index in [-0.39, 0.29) is 22.5 Å². The van der Waals surface area contributed by atoms with Gasteiger partial charge in [0, 0.05) is 18.5 Å². The Morgan fingerprint density at radius 1 is 1.27 bits per heavy atom. The third kappa shape index (κ3) is 5.43. The van der Waals surface area contributed by atoms with Gasteiger partial charge in [0.2, 0.25) is 0 Å². The van der Waals surface area contributed by atoms with E-state index in [1.54, 1.807) is 12.1 Å². The van der Waals surface area contributed by atoms with Crippen molar-refractivity contribution in [2.45, 2.75) is 24.3 Å². The van der Waals surface area contributed by atoms with Crippen molar-refractivity contribution in [3.63, 3.8) is 0 Å². The van der Waals surface area contributed by atoms with Gasteiger partial charge < -0.3 is 25.8 Å². The van der Waals surface area contributed by atoms with Crippen LogP contribution in [-0.2, 0) is 25.7 Å². The number of hydrogen-bond acceptors (Lipinski definition) is 9. The van der Waals surface area contributed by atoms with E-state index in [1.165, 1.54) is 12.1 Å². The van der Waals surface area contributed by atoms with E-state index in [0.29, 0.717) is 50.0 Å². The predicted molar refractivity (Wildman–Crippen MR) is 112 cm³/mol. The van der Waals surface area contributed by atoms with Gasteiger partial charge in [-0.05, 0) is 24.6 Å². The number of rotatable bonds is 8. The molecule has 0 saturated carbocycles. The molecule has 1 saturated heterocycles. The van der Waals surface area contributed by atoms with Crippen LogP contribution in [0.4, 0.5) is 17.3 Å². The number of carbonyl (C=O) groups excluding carboxylic acids is 1. The smallest absolute Gasteiger partial charge is 0.271 e. The molecule has 0 spiro atoms. The lowest BCUT2D eigenvalue weighted by atomic mass is 10.2. The molecule has 1 aromatic heterocycles. The number of hydrogen-bond donors (Lipinski definition) is 3. The first-order valence-electron chi connectivity index (χ1n) is 9.49. The molecule has 11 heteroatoms. The van der Waals surface area contributed by atoms with Crippen molar-refractivity contribution in [2.24, 2.45) is 5.73 Å². The Morgan fingerprint density at radius 3 is 2.70 bits per heavy atom. The number of primary amides is 1. The van der Waals surface area contributed by atoms with Crippen LogP contribution < -0.4 is 16.4 Å². The summed E-state index contributed by atoms with van der Waals surface area (Å²) in [6.07, 6.45) is 1.53. The summed E-state index contributed by atoms with van der Waals surface area (Å²) < 4.78 is 34.7. The van der Waals surface area contributed by atoms with Crippen LogP contribution in [0.15, 0.2) is 29.2 Å². The molecule has 1 aliphatic heterocycles. The lowest BCUT2D eigenvalue weighted by Gasteiger charge is -2.24. The zero-order chi connectivity index (χ0) is 21.7. The highest BCUT2D eigenvalue weighted by atomic mass is 32.2. The molecule has 1 amide bonds. The maximum atomic E-state index is 11.9. The Kier molecular flexibility index (Phi) is 6.85. The number of carbonyl (C=O) groups is 1. The molecule has 1 aromatic carbocycles. The first-order valence-corrected chi connectivity index (χ1v) is 11.4. The van der Waals surface area contributed by atoms with Gasteiger partial charge in [0.25, 0.3) is 5.91 Å². The van der Waals surface area contributed by atoms with Crippen molar-refractivity contribution in [1.82, 2.24) is 9.97 Å². The van der Waals surface area contributed by atoms with E-state index in [4.69, 9.17) is 15.2 Å². The molecule has 2 heterocycles. The number of sulfone groups is 1. The summed E-state index contributed by atoms with van der Waals surface area (Å²) in [6.45, 7) is 3.93. The van der Waals surface area contributed by atoms with E-state index in [9.17, 15) is 13.2 Å². The Hall–Kier alpha value is -2.76. The van der Waals surface area contributed by atoms with Gasteiger partial charge in [-0.1, -0.05) is 13.0 Å². The standard InChI is InChI=1S/C19H25N5O5S/c1-3-15-18(21-10-13-11-28-7-8-29-13)24-19(16(23-15)17(20)25)22-12-5-4-6-14(9-12)30(2,26)27/h4-6,9,13H,3,7-8,10-11H2,1-2H3,(H2,20,25)(H2,21,22,24). The number of ether oxygens (including phenoxy) is 2. The number of nitrogens with two attached hydrogens (primary N) is 1. The molecule has 0 aliphatic carbocycles. The number of aromatic nitrogens is 2. The minimum atomic E-state index is -3.39. The van der Waals surface area contributed by atoms with Gasteiger partial charge in [-0.2, -0.15) is 0 Å². The monoisotopic (exact) mass is 435 g/mol. The summed E-state index contributed by atoms with van der Waals surface area (Å²) in [7, 11) is -3.39. The van der Waals surface area contributed by atoms with Crippen molar-refractivity contribution >= 4 is 33.1 Å². The van der Waals surface area contributed by atoms with Crippen LogP contribution in [0.1, 0.15) is 23.1 Å². The number of nitrogens with one attached hydrogen (secondary N) is 2. The fraction of sp³-hybridized carbons (Fsp3) is 0.421. The highest BCUT2D eigenvalue weighted by molar-refractivity contribution is 7.90. The lowest BCUT2D eigenvalue weighted by molar-refractivity contribution is -0.0819. The van der Waals surface area contributed by atoms with E-state index in [2.05, 4.69) is 20.6 Å². The summed E-state index contributed by atoms with van der Waals surface area (Å²) in [5.41, 5.74) is 6.49. The third-order valence-corrected chi connectivity index (χ3v) is 5.55. The number of nitrogens with zero attached hydrogens (tertiary/aromatic N) is 2. The molecular formula is C19H25N5O5S. The number of benzene rings is 1. The molecule has 0 radical (unpaired) electrons. The molecule has 0 bridgehead atoms. The molecular weight excluding hydrogens is 410 g/mol. The average molecular weight is 436 g/mol. The van der Waals surface area contributed by atoms with Crippen LogP contribution in [0.5, 0.6) is 0 Å². The second-order valence-electron chi connectivity index (χ2n) is 6.81. The predicted octanol–water partition coefficient (Wildman–Crippen LogP) is 1.11. The van der Waals surface area contributed by atoms with Crippen LogP contribution in [0.25, 0.3) is 0 Å². The third-order valence-electron chi connectivity index (χ3n) is 4.44. The quantitative estimate of drug-likeness (QED) is 0.555. The van der Waals surface area contributed by atoms with Gasteiger partial charge in [-0.15, -0.1) is 0 Å². The Labute approximate surface area is 175 Å². The SMILES string of the molecule is CCc1nc(C(N)=O)c(Nc2cccc(S(C)(=O)=O)c2)nc1NCC1COCCO1. The molecule has 30 heavy (non-hydrogen) atoms. The Morgan fingerprint density at radius 2 is 2.07 bits per heavy atom. The van der Waals surface area contributed by atoms with E-state index in [1.807, 2.05) is 6.92 Å². The Balaban J connectivity index is 1.91. The van der Waals surface area contributed by atoms with Gasteiger partial charge in [-0.25, -0.2) is 18.4 Å². The second-order valence-corrected chi connectivity index (χ2v) is 8.82. The normalized spacial score (nSPS) is 16.8. The first kappa shape index (κ1) is 21.9. The number of anilines is 3. The van der Waals surface area contributed by atoms with E-state index < -0.39 is 15.7 Å². The summed E-state index contributed by atoms with van der Waals surface area (Å²) >= 11 is 0. The van der Waals surface area contributed by atoms with Gasteiger partial charge in [0.1, 0.15) is 5.82 Å².